The highest BCUT2D eigenvalue weighted by Gasteiger charge is 2.40. The molecule has 4 rings (SSSR count). The molecule has 1 atom stereocenters. The smallest absolute Gasteiger partial charge is 0.247 e. The third-order valence-corrected chi connectivity index (χ3v) is 7.95. The van der Waals surface area contributed by atoms with Crippen LogP contribution in [0.15, 0.2) is 36.5 Å². The molecule has 31 heavy (non-hydrogen) atoms. The summed E-state index contributed by atoms with van der Waals surface area (Å²) in [5, 5.41) is 0.917. The molecule has 0 bridgehead atoms. The molecule has 0 aliphatic carbocycles. The molecule has 2 aromatic heterocycles. The summed E-state index contributed by atoms with van der Waals surface area (Å²) < 4.78 is 31.8. The Kier molecular flexibility index (Phi) is 6.16. The summed E-state index contributed by atoms with van der Waals surface area (Å²) in [5.41, 5.74) is 1.22. The number of benzene rings is 1. The predicted octanol–water partition coefficient (Wildman–Crippen LogP) is 3.31. The van der Waals surface area contributed by atoms with E-state index in [0.717, 1.165) is 6.26 Å². The lowest BCUT2D eigenvalue weighted by Crippen LogP contribution is -2.47. The predicted molar refractivity (Wildman–Crippen MR) is 121 cm³/mol. The first-order valence-electron chi connectivity index (χ1n) is 9.60. The zero-order valence-electron chi connectivity index (χ0n) is 17.0. The van der Waals surface area contributed by atoms with E-state index >= 15 is 0 Å². The molecule has 0 saturated carbocycles. The number of amides is 1. The number of hydrogen-bond acceptors (Lipinski definition) is 7. The Hall–Kier alpha value is -2.27. The number of fused-ring (bicyclic) bond motifs is 1. The van der Waals surface area contributed by atoms with E-state index < -0.39 is 16.1 Å². The fourth-order valence-electron chi connectivity index (χ4n) is 3.68. The molecule has 11 heteroatoms. The standard InChI is InChI=1S/C20H21ClN4O4S2/c1-29-16-9-8-14(21)18-17(16)23-20(30-18)24(12-13-6-3-4-10-22-13)19(26)15-7-5-11-25(15)31(2,27)28/h3-4,6,8-10,15H,5,7,11-12H2,1-2H3. The first-order valence-corrected chi connectivity index (χ1v) is 12.6. The number of aromatic nitrogens is 2. The molecule has 3 heterocycles. The summed E-state index contributed by atoms with van der Waals surface area (Å²) in [6.07, 6.45) is 3.86. The molecular weight excluding hydrogens is 460 g/mol. The minimum atomic E-state index is -3.52. The number of ether oxygens (including phenoxy) is 1. The van der Waals surface area contributed by atoms with Crippen LogP contribution in [-0.2, 0) is 21.4 Å². The first kappa shape index (κ1) is 21.9. The second kappa shape index (κ2) is 8.70. The van der Waals surface area contributed by atoms with Crippen LogP contribution in [0.2, 0.25) is 5.02 Å². The number of carbonyl (C=O) groups excluding carboxylic acids is 1. The van der Waals surface area contributed by atoms with Crippen molar-refractivity contribution < 1.29 is 17.9 Å². The molecule has 0 radical (unpaired) electrons. The van der Waals surface area contributed by atoms with E-state index in [1.165, 1.54) is 20.5 Å². The van der Waals surface area contributed by atoms with Gasteiger partial charge in [0.15, 0.2) is 5.13 Å². The molecule has 164 valence electrons. The Morgan fingerprint density at radius 3 is 2.84 bits per heavy atom. The maximum atomic E-state index is 13.6. The second-order valence-corrected chi connectivity index (χ2v) is 10.5. The van der Waals surface area contributed by atoms with Gasteiger partial charge < -0.3 is 4.74 Å². The van der Waals surface area contributed by atoms with Gasteiger partial charge in [0.25, 0.3) is 0 Å². The van der Waals surface area contributed by atoms with Gasteiger partial charge in [0.05, 0.1) is 35.3 Å². The molecule has 1 aromatic carbocycles. The number of methoxy groups -OCH3 is 1. The summed E-state index contributed by atoms with van der Waals surface area (Å²) in [5.74, 6) is 0.216. The maximum Gasteiger partial charge on any atom is 0.247 e. The lowest BCUT2D eigenvalue weighted by molar-refractivity contribution is -0.121. The van der Waals surface area contributed by atoms with E-state index in [0.29, 0.717) is 51.2 Å². The van der Waals surface area contributed by atoms with Gasteiger partial charge in [-0.25, -0.2) is 13.4 Å². The highest BCUT2D eigenvalue weighted by atomic mass is 35.5. The molecule has 1 unspecified atom stereocenters. The van der Waals surface area contributed by atoms with E-state index in [1.54, 1.807) is 31.5 Å². The fraction of sp³-hybridized carbons (Fsp3) is 0.350. The van der Waals surface area contributed by atoms with Gasteiger partial charge in [-0.1, -0.05) is 29.0 Å². The van der Waals surface area contributed by atoms with Gasteiger partial charge in [-0.15, -0.1) is 0 Å². The SMILES string of the molecule is COc1ccc(Cl)c2sc(N(Cc3ccccn3)C(=O)C3CCCN3S(C)(=O)=O)nc12. The van der Waals surface area contributed by atoms with E-state index in [2.05, 4.69) is 9.97 Å². The second-order valence-electron chi connectivity index (χ2n) is 7.20. The van der Waals surface area contributed by atoms with Crippen LogP contribution in [-0.4, -0.2) is 54.6 Å². The van der Waals surface area contributed by atoms with E-state index in [4.69, 9.17) is 16.3 Å². The van der Waals surface area contributed by atoms with Crippen molar-refractivity contribution in [2.24, 2.45) is 0 Å². The number of anilines is 1. The number of nitrogens with zero attached hydrogens (tertiary/aromatic N) is 4. The van der Waals surface area contributed by atoms with Gasteiger partial charge in [0, 0.05) is 12.7 Å². The number of rotatable bonds is 6. The fourth-order valence-corrected chi connectivity index (χ4v) is 6.06. The quantitative estimate of drug-likeness (QED) is 0.537. The highest BCUT2D eigenvalue weighted by molar-refractivity contribution is 7.88. The number of halogens is 1. The number of hydrogen-bond donors (Lipinski definition) is 0. The molecule has 1 saturated heterocycles. The average Bonchev–Trinajstić information content (AvgIpc) is 3.41. The molecule has 1 aliphatic rings. The minimum absolute atomic E-state index is 0.160. The van der Waals surface area contributed by atoms with Crippen molar-refractivity contribution in [3.63, 3.8) is 0 Å². The third kappa shape index (κ3) is 4.38. The van der Waals surface area contributed by atoms with Crippen LogP contribution >= 0.6 is 22.9 Å². The Balaban J connectivity index is 1.79. The van der Waals surface area contributed by atoms with Crippen LogP contribution < -0.4 is 9.64 Å². The zero-order chi connectivity index (χ0) is 22.2. The van der Waals surface area contributed by atoms with Crippen LogP contribution in [0.3, 0.4) is 0 Å². The molecule has 3 aromatic rings. The van der Waals surface area contributed by atoms with Gasteiger partial charge in [0.1, 0.15) is 17.3 Å². The van der Waals surface area contributed by atoms with Crippen molar-refractivity contribution in [3.8, 4) is 5.75 Å². The lowest BCUT2D eigenvalue weighted by atomic mass is 10.2. The summed E-state index contributed by atoms with van der Waals surface area (Å²) in [4.78, 5) is 24.1. The Bertz CT molecular complexity index is 1220. The first-order chi connectivity index (χ1) is 14.8. The van der Waals surface area contributed by atoms with Crippen LogP contribution in [0, 0.1) is 0 Å². The molecule has 1 amide bonds. The summed E-state index contributed by atoms with van der Waals surface area (Å²) in [6, 6.07) is 8.11. The van der Waals surface area contributed by atoms with Gasteiger partial charge in [-0.3, -0.25) is 14.7 Å². The molecule has 0 N–H and O–H groups in total. The van der Waals surface area contributed by atoms with E-state index in [1.807, 2.05) is 12.1 Å². The Morgan fingerprint density at radius 1 is 1.35 bits per heavy atom. The topological polar surface area (TPSA) is 92.7 Å². The van der Waals surface area contributed by atoms with Crippen LogP contribution in [0.4, 0.5) is 5.13 Å². The van der Waals surface area contributed by atoms with E-state index in [9.17, 15) is 13.2 Å². The molecule has 1 fully saturated rings. The third-order valence-electron chi connectivity index (χ3n) is 5.13. The van der Waals surface area contributed by atoms with Crippen molar-refractivity contribution in [2.75, 3.05) is 24.8 Å². The van der Waals surface area contributed by atoms with Crippen molar-refractivity contribution in [2.45, 2.75) is 25.4 Å². The largest absolute Gasteiger partial charge is 0.494 e. The summed E-state index contributed by atoms with van der Waals surface area (Å²) in [6.45, 7) is 0.486. The van der Waals surface area contributed by atoms with Gasteiger partial charge in [0.2, 0.25) is 15.9 Å². The average molecular weight is 481 g/mol. The highest BCUT2D eigenvalue weighted by Crippen LogP contribution is 2.39. The Morgan fingerprint density at radius 2 is 2.16 bits per heavy atom. The van der Waals surface area contributed by atoms with Crippen LogP contribution in [0.1, 0.15) is 18.5 Å². The van der Waals surface area contributed by atoms with Crippen molar-refractivity contribution in [1.29, 1.82) is 0 Å². The van der Waals surface area contributed by atoms with Gasteiger partial charge in [-0.05, 0) is 37.1 Å². The number of pyridine rings is 1. The lowest BCUT2D eigenvalue weighted by Gasteiger charge is -2.27. The van der Waals surface area contributed by atoms with Gasteiger partial charge >= 0.3 is 0 Å². The molecule has 1 aliphatic heterocycles. The zero-order valence-corrected chi connectivity index (χ0v) is 19.4. The van der Waals surface area contributed by atoms with Crippen LogP contribution in [0.5, 0.6) is 5.75 Å². The van der Waals surface area contributed by atoms with Crippen molar-refractivity contribution in [3.05, 3.63) is 47.2 Å². The summed E-state index contributed by atoms with van der Waals surface area (Å²) >= 11 is 7.63. The monoisotopic (exact) mass is 480 g/mol. The summed E-state index contributed by atoms with van der Waals surface area (Å²) in [7, 11) is -1.97. The number of carbonyl (C=O) groups is 1. The minimum Gasteiger partial charge on any atom is -0.494 e. The Labute approximate surface area is 189 Å². The maximum absolute atomic E-state index is 13.6. The van der Waals surface area contributed by atoms with E-state index in [-0.39, 0.29) is 12.5 Å². The molecule has 8 nitrogen and oxygen atoms in total. The molecular formula is C20H21ClN4O4S2. The number of sulfonamides is 1. The molecule has 0 spiro atoms. The van der Waals surface area contributed by atoms with Crippen LogP contribution in [0.25, 0.3) is 10.2 Å². The van der Waals surface area contributed by atoms with Crippen molar-refractivity contribution >= 4 is 54.2 Å². The van der Waals surface area contributed by atoms with Gasteiger partial charge in [-0.2, -0.15) is 4.31 Å². The normalized spacial score (nSPS) is 17.2. The van der Waals surface area contributed by atoms with Crippen molar-refractivity contribution in [1.82, 2.24) is 14.3 Å². The number of thiazole rings is 1.